The minimum Gasteiger partial charge on any atom is -0.387 e. The highest BCUT2D eigenvalue weighted by Gasteiger charge is 2.44. The van der Waals surface area contributed by atoms with Gasteiger partial charge in [-0.3, -0.25) is 4.18 Å². The molecule has 130 valence electrons. The SMILES string of the molecule is CO[C@@H]1O[C@H](COS(=O)(=O)c2ccc(C)cc2)[C@@H](O)[C@H](O)[C@@H]1O. The topological polar surface area (TPSA) is 123 Å². The number of rotatable bonds is 5. The first-order valence-corrected chi connectivity index (χ1v) is 8.35. The molecule has 1 heterocycles. The molecule has 1 aliphatic rings. The van der Waals surface area contributed by atoms with Crippen LogP contribution in [0, 0.1) is 6.92 Å². The number of methoxy groups -OCH3 is 1. The predicted molar refractivity (Wildman–Crippen MR) is 78.0 cm³/mol. The molecule has 0 saturated carbocycles. The number of ether oxygens (including phenoxy) is 2. The Hall–Kier alpha value is -1.07. The van der Waals surface area contributed by atoms with Gasteiger partial charge in [0.05, 0.1) is 11.5 Å². The average Bonchev–Trinajstić information content (AvgIpc) is 2.52. The van der Waals surface area contributed by atoms with Crippen LogP contribution in [0.2, 0.25) is 0 Å². The van der Waals surface area contributed by atoms with Gasteiger partial charge in [0, 0.05) is 7.11 Å². The third-order valence-electron chi connectivity index (χ3n) is 3.60. The Morgan fingerprint density at radius 1 is 1.09 bits per heavy atom. The highest BCUT2D eigenvalue weighted by Crippen LogP contribution is 2.23. The fourth-order valence-electron chi connectivity index (χ4n) is 2.18. The van der Waals surface area contributed by atoms with Gasteiger partial charge in [-0.25, -0.2) is 0 Å². The zero-order valence-corrected chi connectivity index (χ0v) is 13.5. The Morgan fingerprint density at radius 3 is 2.26 bits per heavy atom. The van der Waals surface area contributed by atoms with Crippen LogP contribution in [0.3, 0.4) is 0 Å². The van der Waals surface area contributed by atoms with Crippen LogP contribution in [0.4, 0.5) is 0 Å². The van der Waals surface area contributed by atoms with Gasteiger partial charge in [-0.15, -0.1) is 0 Å². The number of aliphatic hydroxyl groups excluding tert-OH is 3. The lowest BCUT2D eigenvalue weighted by Gasteiger charge is -2.39. The fourth-order valence-corrected chi connectivity index (χ4v) is 3.10. The molecule has 1 saturated heterocycles. The molecule has 5 atom stereocenters. The van der Waals surface area contributed by atoms with Gasteiger partial charge in [-0.2, -0.15) is 8.42 Å². The highest BCUT2D eigenvalue weighted by atomic mass is 32.2. The van der Waals surface area contributed by atoms with Crippen LogP contribution in [0.5, 0.6) is 0 Å². The van der Waals surface area contributed by atoms with Gasteiger partial charge in [-0.1, -0.05) is 17.7 Å². The fraction of sp³-hybridized carbons (Fsp3) is 0.571. The lowest BCUT2D eigenvalue weighted by atomic mass is 9.99. The maximum atomic E-state index is 12.1. The van der Waals surface area contributed by atoms with Crippen molar-refractivity contribution in [3.05, 3.63) is 29.8 Å². The zero-order chi connectivity index (χ0) is 17.2. The molecule has 0 bridgehead atoms. The summed E-state index contributed by atoms with van der Waals surface area (Å²) in [5.74, 6) is 0. The first-order valence-electron chi connectivity index (χ1n) is 6.95. The van der Waals surface area contributed by atoms with E-state index in [1.807, 2.05) is 6.92 Å². The summed E-state index contributed by atoms with van der Waals surface area (Å²) in [5, 5.41) is 29.2. The van der Waals surface area contributed by atoms with E-state index >= 15 is 0 Å². The lowest BCUT2D eigenvalue weighted by Crippen LogP contribution is -2.59. The second-order valence-electron chi connectivity index (χ2n) is 5.30. The van der Waals surface area contributed by atoms with Crippen molar-refractivity contribution in [2.75, 3.05) is 13.7 Å². The van der Waals surface area contributed by atoms with Crippen molar-refractivity contribution in [3.8, 4) is 0 Å². The molecule has 2 rings (SSSR count). The summed E-state index contributed by atoms with van der Waals surface area (Å²) in [7, 11) is -2.78. The van der Waals surface area contributed by atoms with E-state index < -0.39 is 47.4 Å². The van der Waals surface area contributed by atoms with Crippen molar-refractivity contribution in [3.63, 3.8) is 0 Å². The molecule has 0 amide bonds. The van der Waals surface area contributed by atoms with Gasteiger partial charge >= 0.3 is 0 Å². The smallest absolute Gasteiger partial charge is 0.297 e. The van der Waals surface area contributed by atoms with Crippen LogP contribution in [-0.2, 0) is 23.8 Å². The Balaban J connectivity index is 2.05. The lowest BCUT2D eigenvalue weighted by molar-refractivity contribution is -0.293. The largest absolute Gasteiger partial charge is 0.387 e. The zero-order valence-electron chi connectivity index (χ0n) is 12.7. The quantitative estimate of drug-likeness (QED) is 0.589. The first kappa shape index (κ1) is 18.3. The minimum atomic E-state index is -4.03. The van der Waals surface area contributed by atoms with Crippen LogP contribution in [0.15, 0.2) is 29.2 Å². The maximum absolute atomic E-state index is 12.1. The highest BCUT2D eigenvalue weighted by molar-refractivity contribution is 7.86. The van der Waals surface area contributed by atoms with Crippen LogP contribution in [0.1, 0.15) is 5.56 Å². The number of hydrogen-bond acceptors (Lipinski definition) is 8. The minimum absolute atomic E-state index is 0.0303. The van der Waals surface area contributed by atoms with E-state index in [9.17, 15) is 23.7 Å². The molecular formula is C14H20O8S. The normalized spacial score (nSPS) is 32.0. The van der Waals surface area contributed by atoms with Crippen molar-refractivity contribution in [2.45, 2.75) is 42.5 Å². The van der Waals surface area contributed by atoms with E-state index in [2.05, 4.69) is 0 Å². The van der Waals surface area contributed by atoms with E-state index in [0.717, 1.165) is 5.56 Å². The van der Waals surface area contributed by atoms with E-state index in [1.165, 1.54) is 19.2 Å². The maximum Gasteiger partial charge on any atom is 0.297 e. The van der Waals surface area contributed by atoms with Crippen molar-refractivity contribution < 1.29 is 37.4 Å². The van der Waals surface area contributed by atoms with Crippen molar-refractivity contribution in [1.82, 2.24) is 0 Å². The summed E-state index contributed by atoms with van der Waals surface area (Å²) in [4.78, 5) is -0.0303. The van der Waals surface area contributed by atoms with Crippen LogP contribution >= 0.6 is 0 Å². The first-order chi connectivity index (χ1) is 10.8. The number of aryl methyl sites for hydroxylation is 1. The van der Waals surface area contributed by atoms with E-state index in [4.69, 9.17) is 13.7 Å². The van der Waals surface area contributed by atoms with E-state index in [-0.39, 0.29) is 4.90 Å². The molecule has 0 aliphatic carbocycles. The molecule has 8 nitrogen and oxygen atoms in total. The summed E-state index contributed by atoms with van der Waals surface area (Å²) in [5.41, 5.74) is 0.898. The number of hydrogen-bond donors (Lipinski definition) is 3. The van der Waals surface area contributed by atoms with E-state index in [0.29, 0.717) is 0 Å². The molecule has 0 radical (unpaired) electrons. The molecule has 1 aromatic rings. The molecule has 9 heteroatoms. The molecule has 0 unspecified atom stereocenters. The molecule has 0 aromatic heterocycles. The van der Waals surface area contributed by atoms with Gasteiger partial charge in [0.1, 0.15) is 24.4 Å². The molecule has 1 aliphatic heterocycles. The van der Waals surface area contributed by atoms with E-state index in [1.54, 1.807) is 12.1 Å². The summed E-state index contributed by atoms with van der Waals surface area (Å²) in [6.07, 6.45) is -6.85. The summed E-state index contributed by atoms with van der Waals surface area (Å²) in [6, 6.07) is 6.06. The van der Waals surface area contributed by atoms with Crippen molar-refractivity contribution in [1.29, 1.82) is 0 Å². The second-order valence-corrected chi connectivity index (χ2v) is 6.92. The number of benzene rings is 1. The Morgan fingerprint density at radius 2 is 1.70 bits per heavy atom. The second kappa shape index (κ2) is 7.22. The monoisotopic (exact) mass is 348 g/mol. The average molecular weight is 348 g/mol. The van der Waals surface area contributed by atoms with Crippen molar-refractivity contribution >= 4 is 10.1 Å². The standard InChI is InChI=1S/C14H20O8S/c1-8-3-5-9(6-4-8)23(18,19)21-7-10-11(15)12(16)13(17)14(20-2)22-10/h3-6,10-17H,7H2,1-2H3/t10-,11-,12+,13+,14-/m1/s1. The van der Waals surface area contributed by atoms with Crippen LogP contribution in [-0.4, -0.2) is 68.2 Å². The Kier molecular flexibility index (Phi) is 5.74. The predicted octanol–water partition coefficient (Wildman–Crippen LogP) is -0.846. The summed E-state index contributed by atoms with van der Waals surface area (Å²) >= 11 is 0. The molecule has 0 spiro atoms. The van der Waals surface area contributed by atoms with Crippen molar-refractivity contribution in [2.24, 2.45) is 0 Å². The van der Waals surface area contributed by atoms with Gasteiger partial charge in [-0.05, 0) is 19.1 Å². The molecule has 1 aromatic carbocycles. The van der Waals surface area contributed by atoms with Gasteiger partial charge in [0.25, 0.3) is 10.1 Å². The van der Waals surface area contributed by atoms with Gasteiger partial charge in [0.2, 0.25) is 0 Å². The third kappa shape index (κ3) is 4.07. The Labute approximate surface area is 134 Å². The molecular weight excluding hydrogens is 328 g/mol. The molecule has 1 fully saturated rings. The van der Waals surface area contributed by atoms with Crippen LogP contribution < -0.4 is 0 Å². The van der Waals surface area contributed by atoms with Crippen LogP contribution in [0.25, 0.3) is 0 Å². The third-order valence-corrected chi connectivity index (χ3v) is 4.89. The molecule has 3 N–H and O–H groups in total. The summed E-state index contributed by atoms with van der Waals surface area (Å²) in [6.45, 7) is 1.29. The number of aliphatic hydroxyl groups is 3. The van der Waals surface area contributed by atoms with Gasteiger partial charge in [0.15, 0.2) is 6.29 Å². The Bertz CT molecular complexity index is 612. The summed E-state index contributed by atoms with van der Waals surface area (Å²) < 4.78 is 39.1. The van der Waals surface area contributed by atoms with Gasteiger partial charge < -0.3 is 24.8 Å². The molecule has 23 heavy (non-hydrogen) atoms.